The number of hydrogen-bond donors (Lipinski definition) is 1. The molecule has 0 aromatic heterocycles. The molecular formula is C35H43Cl2N3O4S. The van der Waals surface area contributed by atoms with Crippen molar-refractivity contribution in [2.75, 3.05) is 17.1 Å². The highest BCUT2D eigenvalue weighted by Gasteiger charge is 2.32. The minimum Gasteiger partial charge on any atom is -0.352 e. The molecule has 1 fully saturated rings. The summed E-state index contributed by atoms with van der Waals surface area (Å²) in [6.07, 6.45) is 6.98. The van der Waals surface area contributed by atoms with E-state index in [9.17, 15) is 18.0 Å². The average molecular weight is 673 g/mol. The summed E-state index contributed by atoms with van der Waals surface area (Å²) in [6, 6.07) is 19.8. The molecule has 242 valence electrons. The summed E-state index contributed by atoms with van der Waals surface area (Å²) >= 11 is 12.5. The number of rotatable bonds is 13. The van der Waals surface area contributed by atoms with Crippen molar-refractivity contribution in [2.45, 2.75) is 83.8 Å². The first kappa shape index (κ1) is 34.8. The Bertz CT molecular complexity index is 1560. The first-order valence-electron chi connectivity index (χ1n) is 15.5. The Morgan fingerprint density at radius 2 is 1.56 bits per heavy atom. The van der Waals surface area contributed by atoms with Gasteiger partial charge in [-0.3, -0.25) is 13.9 Å². The molecule has 3 aromatic carbocycles. The Morgan fingerprint density at radius 1 is 0.889 bits per heavy atom. The van der Waals surface area contributed by atoms with Crippen molar-refractivity contribution in [1.82, 2.24) is 10.2 Å². The molecule has 1 saturated carbocycles. The average Bonchev–Trinajstić information content (AvgIpc) is 2.98. The molecule has 0 radical (unpaired) electrons. The first-order valence-corrected chi connectivity index (χ1v) is 18.1. The SMILES string of the molecule is Cc1cc(C)cc(N(CCCC(=O)N(Cc2ccc(Cl)c(Cl)c2)[C@H](Cc2ccccc2)C(=O)NC2CCCCC2)S(C)(=O)=O)c1. The summed E-state index contributed by atoms with van der Waals surface area (Å²) in [7, 11) is -3.60. The van der Waals surface area contributed by atoms with Crippen LogP contribution in [-0.2, 0) is 32.6 Å². The maximum atomic E-state index is 14.1. The molecule has 2 amide bonds. The number of carbonyl (C=O) groups is 2. The summed E-state index contributed by atoms with van der Waals surface area (Å²) in [5.74, 6) is -0.429. The predicted molar refractivity (Wildman–Crippen MR) is 183 cm³/mol. The zero-order valence-corrected chi connectivity index (χ0v) is 28.6. The van der Waals surface area contributed by atoms with Gasteiger partial charge < -0.3 is 10.2 Å². The number of anilines is 1. The number of aryl methyl sites for hydroxylation is 2. The first-order chi connectivity index (χ1) is 21.4. The Labute approximate surface area is 278 Å². The highest BCUT2D eigenvalue weighted by molar-refractivity contribution is 7.92. The standard InChI is InChI=1S/C35H43Cl2N3O4S/c1-25-19-26(2)21-30(20-25)40(45(3,43)44)18-10-15-34(41)39(24-28-16-17-31(36)32(37)22-28)33(23-27-11-6-4-7-12-27)35(42)38-29-13-8-5-9-14-29/h4,6-7,11-12,16-17,19-22,29,33H,5,8-10,13-15,18,23-24H2,1-3H3,(H,38,42)/t33-/m1/s1. The van der Waals surface area contributed by atoms with E-state index in [4.69, 9.17) is 23.2 Å². The number of nitrogens with one attached hydrogen (secondary N) is 1. The van der Waals surface area contributed by atoms with E-state index >= 15 is 0 Å². The Balaban J connectivity index is 1.61. The number of nitrogens with zero attached hydrogens (tertiary/aromatic N) is 2. The summed E-state index contributed by atoms with van der Waals surface area (Å²) in [5, 5.41) is 4.01. The number of benzene rings is 3. The van der Waals surface area contributed by atoms with Crippen LogP contribution in [-0.4, -0.2) is 50.0 Å². The summed E-state index contributed by atoms with van der Waals surface area (Å²) in [4.78, 5) is 29.7. The van der Waals surface area contributed by atoms with Crippen LogP contribution in [0.3, 0.4) is 0 Å². The fourth-order valence-electron chi connectivity index (χ4n) is 6.03. The van der Waals surface area contributed by atoms with E-state index in [0.717, 1.165) is 54.4 Å². The lowest BCUT2D eigenvalue weighted by Gasteiger charge is -2.34. The third kappa shape index (κ3) is 10.2. The zero-order chi connectivity index (χ0) is 32.6. The van der Waals surface area contributed by atoms with Crippen molar-refractivity contribution >= 4 is 50.7 Å². The molecular weight excluding hydrogens is 629 g/mol. The van der Waals surface area contributed by atoms with Gasteiger partial charge >= 0.3 is 0 Å². The maximum Gasteiger partial charge on any atom is 0.243 e. The molecule has 0 aliphatic heterocycles. The Morgan fingerprint density at radius 3 is 2.18 bits per heavy atom. The molecule has 4 rings (SSSR count). The number of amides is 2. The molecule has 7 nitrogen and oxygen atoms in total. The van der Waals surface area contributed by atoms with Gasteiger partial charge in [-0.2, -0.15) is 0 Å². The molecule has 1 N–H and O–H groups in total. The molecule has 1 atom stereocenters. The van der Waals surface area contributed by atoms with Gasteiger partial charge in [-0.05, 0) is 79.6 Å². The van der Waals surface area contributed by atoms with Gasteiger partial charge in [-0.1, -0.05) is 84.9 Å². The van der Waals surface area contributed by atoms with E-state index in [2.05, 4.69) is 5.32 Å². The lowest BCUT2D eigenvalue weighted by molar-refractivity contribution is -0.141. The van der Waals surface area contributed by atoms with Crippen molar-refractivity contribution in [3.05, 3.63) is 99.0 Å². The zero-order valence-electron chi connectivity index (χ0n) is 26.3. The van der Waals surface area contributed by atoms with Crippen molar-refractivity contribution in [2.24, 2.45) is 0 Å². The molecule has 10 heteroatoms. The molecule has 3 aromatic rings. The van der Waals surface area contributed by atoms with E-state index in [1.54, 1.807) is 23.1 Å². The predicted octanol–water partition coefficient (Wildman–Crippen LogP) is 7.25. The minimum absolute atomic E-state index is 0.0557. The minimum atomic E-state index is -3.60. The van der Waals surface area contributed by atoms with Crippen LogP contribution >= 0.6 is 23.2 Å². The second-order valence-corrected chi connectivity index (χ2v) is 14.8. The van der Waals surface area contributed by atoms with Crippen LogP contribution in [0.2, 0.25) is 10.0 Å². The number of sulfonamides is 1. The smallest absolute Gasteiger partial charge is 0.243 e. The van der Waals surface area contributed by atoms with Crippen molar-refractivity contribution in [1.29, 1.82) is 0 Å². The van der Waals surface area contributed by atoms with Gasteiger partial charge in [0.25, 0.3) is 0 Å². The molecule has 0 spiro atoms. The van der Waals surface area contributed by atoms with Gasteiger partial charge in [0, 0.05) is 32.0 Å². The summed E-state index contributed by atoms with van der Waals surface area (Å²) < 4.78 is 27.0. The Kier molecular flexibility index (Phi) is 12.3. The van der Waals surface area contributed by atoms with Crippen LogP contribution in [0.25, 0.3) is 0 Å². The number of hydrogen-bond acceptors (Lipinski definition) is 4. The van der Waals surface area contributed by atoms with Crippen molar-refractivity contribution in [3.8, 4) is 0 Å². The van der Waals surface area contributed by atoms with Crippen LogP contribution in [0.4, 0.5) is 5.69 Å². The molecule has 1 aliphatic carbocycles. The lowest BCUT2D eigenvalue weighted by Crippen LogP contribution is -2.52. The lowest BCUT2D eigenvalue weighted by atomic mass is 9.94. The molecule has 1 aliphatic rings. The van der Waals surface area contributed by atoms with Gasteiger partial charge in [0.05, 0.1) is 22.0 Å². The topological polar surface area (TPSA) is 86.8 Å². The van der Waals surface area contributed by atoms with Crippen LogP contribution in [0.15, 0.2) is 66.7 Å². The van der Waals surface area contributed by atoms with Crippen LogP contribution in [0.5, 0.6) is 0 Å². The van der Waals surface area contributed by atoms with Crippen LogP contribution in [0, 0.1) is 13.8 Å². The normalized spacial score (nSPS) is 14.5. The van der Waals surface area contributed by atoms with Gasteiger partial charge in [0.15, 0.2) is 0 Å². The quantitative estimate of drug-likeness (QED) is 0.207. The third-order valence-corrected chi connectivity index (χ3v) is 10.1. The fourth-order valence-corrected chi connectivity index (χ4v) is 7.30. The highest BCUT2D eigenvalue weighted by atomic mass is 35.5. The van der Waals surface area contributed by atoms with E-state index in [1.165, 1.54) is 10.6 Å². The molecule has 0 bridgehead atoms. The van der Waals surface area contributed by atoms with E-state index < -0.39 is 16.1 Å². The van der Waals surface area contributed by atoms with Gasteiger partial charge in [-0.15, -0.1) is 0 Å². The van der Waals surface area contributed by atoms with E-state index in [1.807, 2.05) is 62.4 Å². The summed E-state index contributed by atoms with van der Waals surface area (Å²) in [5.41, 5.74) is 4.16. The van der Waals surface area contributed by atoms with Crippen molar-refractivity contribution in [3.63, 3.8) is 0 Å². The molecule has 0 heterocycles. The third-order valence-electron chi connectivity index (χ3n) is 8.21. The Hall–Kier alpha value is -3.07. The van der Waals surface area contributed by atoms with E-state index in [-0.39, 0.29) is 43.8 Å². The van der Waals surface area contributed by atoms with Crippen LogP contribution < -0.4 is 9.62 Å². The van der Waals surface area contributed by atoms with Gasteiger partial charge in [-0.25, -0.2) is 8.42 Å². The monoisotopic (exact) mass is 671 g/mol. The largest absolute Gasteiger partial charge is 0.352 e. The molecule has 0 saturated heterocycles. The molecule has 0 unspecified atom stereocenters. The molecule has 45 heavy (non-hydrogen) atoms. The second-order valence-electron chi connectivity index (χ2n) is 12.1. The fraction of sp³-hybridized carbons (Fsp3) is 0.429. The van der Waals surface area contributed by atoms with Gasteiger partial charge in [0.2, 0.25) is 21.8 Å². The van der Waals surface area contributed by atoms with E-state index in [0.29, 0.717) is 22.2 Å². The highest BCUT2D eigenvalue weighted by Crippen LogP contribution is 2.26. The maximum absolute atomic E-state index is 14.1. The van der Waals surface area contributed by atoms with Gasteiger partial charge in [0.1, 0.15) is 6.04 Å². The number of carbonyl (C=O) groups excluding carboxylic acids is 2. The second kappa shape index (κ2) is 16.0. The van der Waals surface area contributed by atoms with Crippen LogP contribution in [0.1, 0.15) is 67.2 Å². The van der Waals surface area contributed by atoms with Crippen molar-refractivity contribution < 1.29 is 18.0 Å². The summed E-state index contributed by atoms with van der Waals surface area (Å²) in [6.45, 7) is 4.13. The number of halogens is 2.